The second kappa shape index (κ2) is 5.42. The first-order valence-corrected chi connectivity index (χ1v) is 6.45. The summed E-state index contributed by atoms with van der Waals surface area (Å²) >= 11 is 1.24. The largest absolute Gasteiger partial charge is 0.381 e. The van der Waals surface area contributed by atoms with E-state index in [9.17, 15) is 9.59 Å². The molecule has 1 aromatic heterocycles. The van der Waals surface area contributed by atoms with Crippen LogP contribution >= 0.6 is 11.3 Å². The van der Waals surface area contributed by atoms with E-state index >= 15 is 0 Å². The average Bonchev–Trinajstić information content (AvgIpc) is 2.96. The minimum atomic E-state index is -0.102. The van der Waals surface area contributed by atoms with E-state index in [0.717, 1.165) is 19.6 Å². The van der Waals surface area contributed by atoms with E-state index in [1.54, 1.807) is 12.1 Å². The van der Waals surface area contributed by atoms with Crippen molar-refractivity contribution in [3.63, 3.8) is 0 Å². The number of nitrogens with one attached hydrogen (secondary N) is 1. The van der Waals surface area contributed by atoms with Crippen molar-refractivity contribution in [2.75, 3.05) is 19.8 Å². The summed E-state index contributed by atoms with van der Waals surface area (Å²) in [4.78, 5) is 24.1. The molecule has 1 N–H and O–H groups in total. The van der Waals surface area contributed by atoms with E-state index in [1.807, 2.05) is 0 Å². The van der Waals surface area contributed by atoms with Crippen molar-refractivity contribution in [2.45, 2.75) is 13.3 Å². The Hall–Kier alpha value is -1.20. The lowest BCUT2D eigenvalue weighted by molar-refractivity contribution is 0.0948. The highest BCUT2D eigenvalue weighted by Crippen LogP contribution is 2.17. The zero-order valence-corrected chi connectivity index (χ0v) is 10.5. The molecule has 0 unspecified atom stereocenters. The van der Waals surface area contributed by atoms with Gasteiger partial charge in [-0.15, -0.1) is 11.3 Å². The highest BCUT2D eigenvalue weighted by Gasteiger charge is 2.17. The van der Waals surface area contributed by atoms with Crippen LogP contribution in [0.2, 0.25) is 0 Å². The van der Waals surface area contributed by atoms with Gasteiger partial charge in [-0.2, -0.15) is 0 Å². The maximum absolute atomic E-state index is 11.8. The molecule has 1 fully saturated rings. The second-order valence-corrected chi connectivity index (χ2v) is 5.24. The van der Waals surface area contributed by atoms with Crippen LogP contribution in [0.3, 0.4) is 0 Å². The molecule has 0 saturated carbocycles. The van der Waals surface area contributed by atoms with Gasteiger partial charge in [0, 0.05) is 19.1 Å². The Morgan fingerprint density at radius 3 is 2.82 bits per heavy atom. The molecule has 17 heavy (non-hydrogen) atoms. The summed E-state index contributed by atoms with van der Waals surface area (Å²) in [6.45, 7) is 3.66. The Morgan fingerprint density at radius 2 is 2.24 bits per heavy atom. The molecule has 2 rings (SSSR count). The van der Waals surface area contributed by atoms with Crippen molar-refractivity contribution < 1.29 is 14.3 Å². The SMILES string of the molecule is CC(=O)c1ccc(C(=O)NC[C@@H]2CCOC2)s1. The van der Waals surface area contributed by atoms with Crippen LogP contribution in [-0.2, 0) is 4.74 Å². The van der Waals surface area contributed by atoms with Crippen LogP contribution in [0.4, 0.5) is 0 Å². The van der Waals surface area contributed by atoms with Crippen LogP contribution in [0.25, 0.3) is 0 Å². The quantitative estimate of drug-likeness (QED) is 0.831. The maximum atomic E-state index is 11.8. The molecular formula is C12H15NO3S. The predicted molar refractivity (Wildman–Crippen MR) is 65.6 cm³/mol. The van der Waals surface area contributed by atoms with Crippen molar-refractivity contribution in [1.82, 2.24) is 5.32 Å². The van der Waals surface area contributed by atoms with Gasteiger partial charge >= 0.3 is 0 Å². The molecule has 92 valence electrons. The lowest BCUT2D eigenvalue weighted by atomic mass is 10.1. The average molecular weight is 253 g/mol. The minimum absolute atomic E-state index is 0.00163. The van der Waals surface area contributed by atoms with Gasteiger partial charge in [-0.1, -0.05) is 0 Å². The third kappa shape index (κ3) is 3.14. The van der Waals surface area contributed by atoms with Gasteiger partial charge < -0.3 is 10.1 Å². The van der Waals surface area contributed by atoms with E-state index in [0.29, 0.717) is 22.2 Å². The molecule has 0 bridgehead atoms. The Kier molecular flexibility index (Phi) is 3.91. The molecular weight excluding hydrogens is 238 g/mol. The molecule has 1 amide bonds. The van der Waals surface area contributed by atoms with Gasteiger partial charge in [0.25, 0.3) is 5.91 Å². The normalized spacial score (nSPS) is 19.2. The summed E-state index contributed by atoms with van der Waals surface area (Å²) in [6.07, 6.45) is 1.00. The highest BCUT2D eigenvalue weighted by atomic mass is 32.1. The molecule has 0 aliphatic carbocycles. The first kappa shape index (κ1) is 12.3. The Morgan fingerprint density at radius 1 is 1.47 bits per heavy atom. The van der Waals surface area contributed by atoms with E-state index in [4.69, 9.17) is 4.74 Å². The summed E-state index contributed by atoms with van der Waals surface area (Å²) in [6, 6.07) is 3.39. The molecule has 1 atom stereocenters. The number of hydrogen-bond acceptors (Lipinski definition) is 4. The minimum Gasteiger partial charge on any atom is -0.381 e. The zero-order chi connectivity index (χ0) is 12.3. The number of amides is 1. The van der Waals surface area contributed by atoms with Crippen molar-refractivity contribution in [3.05, 3.63) is 21.9 Å². The van der Waals surface area contributed by atoms with Gasteiger partial charge in [0.2, 0.25) is 0 Å². The second-order valence-electron chi connectivity index (χ2n) is 4.16. The van der Waals surface area contributed by atoms with Crippen LogP contribution in [0.5, 0.6) is 0 Å². The van der Waals surface area contributed by atoms with Crippen molar-refractivity contribution >= 4 is 23.0 Å². The third-order valence-corrected chi connectivity index (χ3v) is 3.94. The van der Waals surface area contributed by atoms with Crippen molar-refractivity contribution in [3.8, 4) is 0 Å². The van der Waals surface area contributed by atoms with Gasteiger partial charge in [-0.3, -0.25) is 9.59 Å². The number of carbonyl (C=O) groups is 2. The molecule has 0 radical (unpaired) electrons. The van der Waals surface area contributed by atoms with E-state index in [2.05, 4.69) is 5.32 Å². The smallest absolute Gasteiger partial charge is 0.261 e. The molecule has 0 spiro atoms. The van der Waals surface area contributed by atoms with Gasteiger partial charge in [-0.25, -0.2) is 0 Å². The monoisotopic (exact) mass is 253 g/mol. The van der Waals surface area contributed by atoms with E-state index < -0.39 is 0 Å². The molecule has 2 heterocycles. The number of rotatable bonds is 4. The number of Topliss-reactive ketones (excluding diaryl/α,β-unsaturated/α-hetero) is 1. The molecule has 1 aliphatic rings. The molecule has 1 aliphatic heterocycles. The van der Waals surface area contributed by atoms with Crippen LogP contribution in [0.1, 0.15) is 32.7 Å². The number of thiophene rings is 1. The third-order valence-electron chi connectivity index (χ3n) is 2.75. The summed E-state index contributed by atoms with van der Waals surface area (Å²) in [7, 11) is 0. The van der Waals surface area contributed by atoms with Crippen LogP contribution in [0.15, 0.2) is 12.1 Å². The highest BCUT2D eigenvalue weighted by molar-refractivity contribution is 7.15. The standard InChI is InChI=1S/C12H15NO3S/c1-8(14)10-2-3-11(17-10)12(15)13-6-9-4-5-16-7-9/h2-3,9H,4-7H2,1H3,(H,13,15)/t9-/m0/s1. The van der Waals surface area contributed by atoms with Crippen molar-refractivity contribution in [1.29, 1.82) is 0 Å². The topological polar surface area (TPSA) is 55.4 Å². The first-order valence-electron chi connectivity index (χ1n) is 5.63. The Labute approximate surface area is 104 Å². The summed E-state index contributed by atoms with van der Waals surface area (Å²) in [5, 5.41) is 2.87. The molecule has 4 nitrogen and oxygen atoms in total. The van der Waals surface area contributed by atoms with Crippen LogP contribution in [-0.4, -0.2) is 31.4 Å². The predicted octanol–water partition coefficient (Wildman–Crippen LogP) is 1.72. The fraction of sp³-hybridized carbons (Fsp3) is 0.500. The van der Waals surface area contributed by atoms with Gasteiger partial charge in [-0.05, 0) is 25.5 Å². The fourth-order valence-electron chi connectivity index (χ4n) is 1.72. The summed E-state index contributed by atoms with van der Waals surface area (Å²) in [5.41, 5.74) is 0. The number of carbonyl (C=O) groups excluding carboxylic acids is 2. The maximum Gasteiger partial charge on any atom is 0.261 e. The van der Waals surface area contributed by atoms with Gasteiger partial charge in [0.15, 0.2) is 5.78 Å². The number of ether oxygens (including phenoxy) is 1. The Balaban J connectivity index is 1.87. The molecule has 5 heteroatoms. The molecule has 1 saturated heterocycles. The molecule has 0 aromatic carbocycles. The zero-order valence-electron chi connectivity index (χ0n) is 9.69. The summed E-state index contributed by atoms with van der Waals surface area (Å²) < 4.78 is 5.24. The van der Waals surface area contributed by atoms with Gasteiger partial charge in [0.1, 0.15) is 0 Å². The van der Waals surface area contributed by atoms with Gasteiger partial charge in [0.05, 0.1) is 16.4 Å². The molecule has 1 aromatic rings. The first-order chi connectivity index (χ1) is 8.16. The number of hydrogen-bond donors (Lipinski definition) is 1. The fourth-order valence-corrected chi connectivity index (χ4v) is 2.54. The van der Waals surface area contributed by atoms with E-state index in [1.165, 1.54) is 18.3 Å². The van der Waals surface area contributed by atoms with E-state index in [-0.39, 0.29) is 11.7 Å². The lowest BCUT2D eigenvalue weighted by Gasteiger charge is -2.08. The summed E-state index contributed by atoms with van der Waals surface area (Å²) in [5.74, 6) is 0.318. The van der Waals surface area contributed by atoms with Crippen LogP contribution in [0, 0.1) is 5.92 Å². The van der Waals surface area contributed by atoms with Crippen LogP contribution < -0.4 is 5.32 Å². The van der Waals surface area contributed by atoms with Crippen molar-refractivity contribution in [2.24, 2.45) is 5.92 Å². The number of ketones is 1. The Bertz CT molecular complexity index is 421. The lowest BCUT2D eigenvalue weighted by Crippen LogP contribution is -2.28.